The lowest BCUT2D eigenvalue weighted by molar-refractivity contribution is 0.274. The second-order valence-corrected chi connectivity index (χ2v) is 3.04. The van der Waals surface area contributed by atoms with Gasteiger partial charge in [-0.1, -0.05) is 12.1 Å². The molecule has 0 aliphatic heterocycles. The second-order valence-electron chi connectivity index (χ2n) is 3.04. The minimum Gasteiger partial charge on any atom is -0.468 e. The van der Waals surface area contributed by atoms with E-state index in [1.165, 1.54) is 18.8 Å². The van der Waals surface area contributed by atoms with Gasteiger partial charge in [-0.15, -0.1) is 0 Å². The lowest BCUT2D eigenvalue weighted by Crippen LogP contribution is -1.95. The molecule has 0 spiro atoms. The fraction of sp³-hybridized carbons (Fsp3) is 0.182. The van der Waals surface area contributed by atoms with Crippen molar-refractivity contribution in [2.24, 2.45) is 0 Å². The van der Waals surface area contributed by atoms with Crippen LogP contribution in [0.3, 0.4) is 0 Å². The van der Waals surface area contributed by atoms with Crippen molar-refractivity contribution >= 4 is 17.2 Å². The van der Waals surface area contributed by atoms with E-state index in [4.69, 9.17) is 4.42 Å². The molecule has 3 nitrogen and oxygen atoms in total. The summed E-state index contributed by atoms with van der Waals surface area (Å²) in [6.45, 7) is 1.51. The molecule has 2 rings (SSSR count). The third-order valence-electron chi connectivity index (χ3n) is 2.16. The van der Waals surface area contributed by atoms with Crippen LogP contribution in [-0.4, -0.2) is 13.1 Å². The highest BCUT2D eigenvalue weighted by Crippen LogP contribution is 2.23. The van der Waals surface area contributed by atoms with E-state index in [0.29, 0.717) is 23.0 Å². The van der Waals surface area contributed by atoms with E-state index < -0.39 is 0 Å². The second kappa shape index (κ2) is 4.13. The monoisotopic (exact) mass is 207 g/mol. The molecular weight excluding hydrogens is 199 g/mol. The normalized spacial score (nSPS) is 10.5. The summed E-state index contributed by atoms with van der Waals surface area (Å²) in [4.78, 5) is 9.81. The van der Waals surface area contributed by atoms with Crippen LogP contribution in [0.1, 0.15) is 5.76 Å². The number of halogens is 1. The van der Waals surface area contributed by atoms with Crippen molar-refractivity contribution < 1.29 is 18.3 Å². The number of ether oxygens (including phenoxy) is 1. The number of hydrogen-bond donors (Lipinski definition) is 0. The third kappa shape index (κ3) is 1.83. The van der Waals surface area contributed by atoms with Gasteiger partial charge in [0.05, 0.1) is 12.0 Å². The largest absolute Gasteiger partial charge is 0.468 e. The number of benzene rings is 1. The molecule has 0 atom stereocenters. The van der Waals surface area contributed by atoms with Crippen LogP contribution in [0.2, 0.25) is 0 Å². The highest BCUT2D eigenvalue weighted by atomic mass is 19.1. The Morgan fingerprint density at radius 1 is 1.40 bits per heavy atom. The Morgan fingerprint density at radius 2 is 2.27 bits per heavy atom. The fourth-order valence-corrected chi connectivity index (χ4v) is 1.47. The molecule has 1 radical (unpaired) electrons. The van der Waals surface area contributed by atoms with Gasteiger partial charge in [-0.2, -0.15) is 0 Å². The topological polar surface area (TPSA) is 39.4 Å². The standard InChI is InChI=1S/C11H8FO3/c12-10-3-1-2-8-9(10)6-15-11(8)4-5-14-7-13/h1-3,6H,4-5H2. The molecule has 0 aliphatic rings. The highest BCUT2D eigenvalue weighted by molar-refractivity contribution is 5.84. The molecule has 0 bridgehead atoms. The van der Waals surface area contributed by atoms with Crippen molar-refractivity contribution in [2.45, 2.75) is 6.42 Å². The van der Waals surface area contributed by atoms with Crippen LogP contribution in [0.15, 0.2) is 28.9 Å². The molecule has 4 heteroatoms. The summed E-state index contributed by atoms with van der Waals surface area (Å²) >= 11 is 0. The molecule has 1 heterocycles. The van der Waals surface area contributed by atoms with Crippen LogP contribution in [0.4, 0.5) is 4.39 Å². The van der Waals surface area contributed by atoms with E-state index in [1.807, 2.05) is 0 Å². The first kappa shape index (κ1) is 9.71. The number of hydrogen-bond acceptors (Lipinski definition) is 3. The zero-order valence-corrected chi connectivity index (χ0v) is 7.83. The molecule has 2 aromatic rings. The number of rotatable bonds is 4. The molecule has 0 saturated carbocycles. The van der Waals surface area contributed by atoms with Gasteiger partial charge < -0.3 is 9.15 Å². The molecule has 0 amide bonds. The average Bonchev–Trinajstić information content (AvgIpc) is 2.64. The summed E-state index contributed by atoms with van der Waals surface area (Å²) < 4.78 is 22.9. The summed E-state index contributed by atoms with van der Waals surface area (Å²) in [5.74, 6) is 0.296. The number of furan rings is 1. The molecule has 0 unspecified atom stereocenters. The van der Waals surface area contributed by atoms with Gasteiger partial charge in [-0.05, 0) is 6.07 Å². The smallest absolute Gasteiger partial charge is 0.417 e. The summed E-state index contributed by atoms with van der Waals surface area (Å²) in [5, 5.41) is 1.16. The average molecular weight is 207 g/mol. The van der Waals surface area contributed by atoms with Gasteiger partial charge in [0.15, 0.2) is 0 Å². The van der Waals surface area contributed by atoms with Crippen LogP contribution in [0.25, 0.3) is 10.8 Å². The quantitative estimate of drug-likeness (QED) is 0.721. The maximum atomic E-state index is 13.2. The van der Waals surface area contributed by atoms with Gasteiger partial charge in [-0.25, -0.2) is 9.18 Å². The molecule has 1 aromatic heterocycles. The van der Waals surface area contributed by atoms with Gasteiger partial charge in [-0.3, -0.25) is 0 Å². The SMILES string of the molecule is O=[C]OCCc1occ2c(F)cccc12. The van der Waals surface area contributed by atoms with E-state index in [1.54, 1.807) is 12.1 Å². The minimum absolute atomic E-state index is 0.183. The first-order valence-electron chi connectivity index (χ1n) is 4.46. The molecule has 15 heavy (non-hydrogen) atoms. The molecule has 1 aromatic carbocycles. The molecular formula is C11H8FO3. The van der Waals surface area contributed by atoms with Gasteiger partial charge in [0.25, 0.3) is 0 Å². The molecule has 0 aliphatic carbocycles. The van der Waals surface area contributed by atoms with Crippen molar-refractivity contribution in [1.29, 1.82) is 0 Å². The maximum absolute atomic E-state index is 13.2. The van der Waals surface area contributed by atoms with Crippen LogP contribution in [0, 0.1) is 5.82 Å². The van der Waals surface area contributed by atoms with Crippen molar-refractivity contribution in [3.05, 3.63) is 36.0 Å². The van der Waals surface area contributed by atoms with E-state index in [-0.39, 0.29) is 12.4 Å². The Morgan fingerprint density at radius 3 is 3.07 bits per heavy atom. The molecule has 0 N–H and O–H groups in total. The van der Waals surface area contributed by atoms with Crippen molar-refractivity contribution in [3.63, 3.8) is 0 Å². The van der Waals surface area contributed by atoms with Crippen molar-refractivity contribution in [2.75, 3.05) is 6.61 Å². The van der Waals surface area contributed by atoms with Crippen LogP contribution in [-0.2, 0) is 16.0 Å². The zero-order chi connectivity index (χ0) is 10.7. The summed E-state index contributed by atoms with van der Waals surface area (Å²) in [7, 11) is 0. The first-order valence-corrected chi connectivity index (χ1v) is 4.46. The van der Waals surface area contributed by atoms with Gasteiger partial charge in [0.2, 0.25) is 0 Å². The van der Waals surface area contributed by atoms with Crippen molar-refractivity contribution in [1.82, 2.24) is 0 Å². The number of fused-ring (bicyclic) bond motifs is 1. The Balaban J connectivity index is 2.28. The summed E-state index contributed by atoms with van der Waals surface area (Å²) in [6, 6.07) is 4.75. The van der Waals surface area contributed by atoms with E-state index in [9.17, 15) is 9.18 Å². The number of carbonyl (C=O) groups excluding carboxylic acids is 1. The minimum atomic E-state index is -0.314. The van der Waals surface area contributed by atoms with Gasteiger partial charge >= 0.3 is 6.47 Å². The maximum Gasteiger partial charge on any atom is 0.417 e. The third-order valence-corrected chi connectivity index (χ3v) is 2.16. The molecule has 0 fully saturated rings. The molecule has 77 valence electrons. The van der Waals surface area contributed by atoms with E-state index >= 15 is 0 Å². The van der Waals surface area contributed by atoms with Gasteiger partial charge in [0.1, 0.15) is 17.8 Å². The fourth-order valence-electron chi connectivity index (χ4n) is 1.47. The highest BCUT2D eigenvalue weighted by Gasteiger charge is 2.08. The lowest BCUT2D eigenvalue weighted by atomic mass is 10.1. The zero-order valence-electron chi connectivity index (χ0n) is 7.83. The Kier molecular flexibility index (Phi) is 2.67. The van der Waals surface area contributed by atoms with Crippen LogP contribution < -0.4 is 0 Å². The Bertz CT molecular complexity index is 476. The first-order chi connectivity index (χ1) is 7.33. The van der Waals surface area contributed by atoms with Crippen molar-refractivity contribution in [3.8, 4) is 0 Å². The lowest BCUT2D eigenvalue weighted by Gasteiger charge is -1.96. The van der Waals surface area contributed by atoms with E-state index in [2.05, 4.69) is 4.74 Å². The predicted molar refractivity (Wildman–Crippen MR) is 51.5 cm³/mol. The predicted octanol–water partition coefficient (Wildman–Crippen LogP) is 2.20. The van der Waals surface area contributed by atoms with E-state index in [0.717, 1.165) is 0 Å². The van der Waals surface area contributed by atoms with Crippen LogP contribution >= 0.6 is 0 Å². The Labute approximate surface area is 85.4 Å². The van der Waals surface area contributed by atoms with Crippen LogP contribution in [0.5, 0.6) is 0 Å². The Hall–Kier alpha value is -1.84. The summed E-state index contributed by atoms with van der Waals surface area (Å²) in [5.41, 5.74) is 0. The van der Waals surface area contributed by atoms with Gasteiger partial charge in [0, 0.05) is 11.8 Å². The molecule has 0 saturated heterocycles. The summed E-state index contributed by atoms with van der Waals surface area (Å²) in [6.07, 6.45) is 1.78.